The summed E-state index contributed by atoms with van der Waals surface area (Å²) in [6.45, 7) is 0. The van der Waals surface area contributed by atoms with Gasteiger partial charge in [-0.25, -0.2) is 0 Å². The lowest BCUT2D eigenvalue weighted by atomic mass is 9.89. The SMILES string of the molecule is N#CC1=C(c2ccc(Cl)cc2)c2ccc3cccnc3c2OC1N. The predicted octanol–water partition coefficient (Wildman–Crippen LogP) is 3.89. The molecule has 0 radical (unpaired) electrons. The fourth-order valence-electron chi connectivity index (χ4n) is 2.95. The number of nitrogens with two attached hydrogens (primary N) is 1. The number of benzene rings is 2. The standard InChI is InChI=1S/C19H12ClN3O/c20-13-6-3-11(4-7-13)16-14-8-5-12-2-1-9-23-17(12)18(14)24-19(22)15(16)10-21/h1-9,19H,22H2. The number of rotatable bonds is 1. The highest BCUT2D eigenvalue weighted by atomic mass is 35.5. The monoisotopic (exact) mass is 333 g/mol. The number of nitriles is 1. The molecule has 1 unspecified atom stereocenters. The van der Waals surface area contributed by atoms with E-state index < -0.39 is 6.23 Å². The van der Waals surface area contributed by atoms with E-state index in [0.29, 0.717) is 16.3 Å². The van der Waals surface area contributed by atoms with E-state index in [0.717, 1.165) is 27.6 Å². The van der Waals surface area contributed by atoms with Crippen LogP contribution in [0.1, 0.15) is 11.1 Å². The molecule has 3 aromatic rings. The highest BCUT2D eigenvalue weighted by Gasteiger charge is 2.29. The molecule has 4 nitrogen and oxygen atoms in total. The molecule has 0 aliphatic carbocycles. The van der Waals surface area contributed by atoms with Crippen LogP contribution in [0.15, 0.2) is 60.3 Å². The zero-order chi connectivity index (χ0) is 16.7. The molecule has 2 N–H and O–H groups in total. The number of aromatic nitrogens is 1. The summed E-state index contributed by atoms with van der Waals surface area (Å²) in [5.74, 6) is 0.601. The highest BCUT2D eigenvalue weighted by molar-refractivity contribution is 6.30. The summed E-state index contributed by atoms with van der Waals surface area (Å²) in [6.07, 6.45) is 0.879. The third-order valence-corrected chi connectivity index (χ3v) is 4.30. The number of halogens is 1. The maximum atomic E-state index is 9.58. The van der Waals surface area contributed by atoms with Crippen molar-refractivity contribution in [1.29, 1.82) is 5.26 Å². The Hall–Kier alpha value is -2.87. The van der Waals surface area contributed by atoms with Crippen LogP contribution in [0.3, 0.4) is 0 Å². The van der Waals surface area contributed by atoms with Gasteiger partial charge in [0, 0.05) is 27.7 Å². The van der Waals surface area contributed by atoms with Crippen molar-refractivity contribution in [2.45, 2.75) is 6.23 Å². The first kappa shape index (κ1) is 14.7. The van der Waals surface area contributed by atoms with Gasteiger partial charge in [-0.15, -0.1) is 0 Å². The Bertz CT molecular complexity index is 1020. The number of ether oxygens (including phenoxy) is 1. The van der Waals surface area contributed by atoms with E-state index in [1.807, 2.05) is 36.4 Å². The van der Waals surface area contributed by atoms with E-state index in [2.05, 4.69) is 11.1 Å². The molecule has 0 saturated heterocycles. The van der Waals surface area contributed by atoms with Gasteiger partial charge in [0.25, 0.3) is 0 Å². The molecule has 2 heterocycles. The van der Waals surface area contributed by atoms with Gasteiger partial charge in [0.15, 0.2) is 12.0 Å². The van der Waals surface area contributed by atoms with Crippen LogP contribution in [0, 0.1) is 11.3 Å². The zero-order valence-electron chi connectivity index (χ0n) is 12.5. The highest BCUT2D eigenvalue weighted by Crippen LogP contribution is 2.42. The van der Waals surface area contributed by atoms with E-state index >= 15 is 0 Å². The minimum atomic E-state index is -0.833. The Balaban J connectivity index is 2.05. The van der Waals surface area contributed by atoms with Gasteiger partial charge in [0.1, 0.15) is 11.6 Å². The fraction of sp³-hybridized carbons (Fsp3) is 0.0526. The van der Waals surface area contributed by atoms with Gasteiger partial charge in [-0.3, -0.25) is 10.7 Å². The summed E-state index contributed by atoms with van der Waals surface area (Å²) in [4.78, 5) is 4.41. The van der Waals surface area contributed by atoms with Crippen LogP contribution in [0.5, 0.6) is 5.75 Å². The molecule has 0 saturated carbocycles. The smallest absolute Gasteiger partial charge is 0.184 e. The van der Waals surface area contributed by atoms with Crippen LogP contribution >= 0.6 is 11.6 Å². The Morgan fingerprint density at radius 2 is 1.92 bits per heavy atom. The summed E-state index contributed by atoms with van der Waals surface area (Å²) in [7, 11) is 0. The lowest BCUT2D eigenvalue weighted by Crippen LogP contribution is -2.33. The normalized spacial score (nSPS) is 16.5. The molecule has 1 aliphatic rings. The zero-order valence-corrected chi connectivity index (χ0v) is 13.3. The molecular weight excluding hydrogens is 322 g/mol. The fourth-order valence-corrected chi connectivity index (χ4v) is 3.08. The van der Waals surface area contributed by atoms with E-state index in [-0.39, 0.29) is 0 Å². The second-order valence-electron chi connectivity index (χ2n) is 5.46. The van der Waals surface area contributed by atoms with Gasteiger partial charge in [0.05, 0.1) is 5.57 Å². The number of hydrogen-bond acceptors (Lipinski definition) is 4. The summed E-state index contributed by atoms with van der Waals surface area (Å²) in [5, 5.41) is 11.2. The summed E-state index contributed by atoms with van der Waals surface area (Å²) < 4.78 is 5.83. The molecular formula is C19H12ClN3O. The van der Waals surface area contributed by atoms with Gasteiger partial charge in [0.2, 0.25) is 0 Å². The lowest BCUT2D eigenvalue weighted by Gasteiger charge is -2.26. The van der Waals surface area contributed by atoms with Crippen molar-refractivity contribution in [2.24, 2.45) is 5.73 Å². The van der Waals surface area contributed by atoms with E-state index in [1.54, 1.807) is 18.3 Å². The average molecular weight is 334 g/mol. The Morgan fingerprint density at radius 3 is 2.67 bits per heavy atom. The van der Waals surface area contributed by atoms with Crippen molar-refractivity contribution in [3.63, 3.8) is 0 Å². The number of nitrogens with zero attached hydrogens (tertiary/aromatic N) is 2. The lowest BCUT2D eigenvalue weighted by molar-refractivity contribution is 0.248. The third kappa shape index (κ3) is 2.23. The van der Waals surface area contributed by atoms with Crippen molar-refractivity contribution >= 4 is 28.1 Å². The number of hydrogen-bond donors (Lipinski definition) is 1. The second-order valence-corrected chi connectivity index (χ2v) is 5.90. The molecule has 0 spiro atoms. The van der Waals surface area contributed by atoms with E-state index in [9.17, 15) is 5.26 Å². The number of pyridine rings is 1. The molecule has 24 heavy (non-hydrogen) atoms. The minimum absolute atomic E-state index is 0.389. The Morgan fingerprint density at radius 1 is 1.12 bits per heavy atom. The molecule has 0 amide bonds. The summed E-state index contributed by atoms with van der Waals surface area (Å²) >= 11 is 5.99. The van der Waals surface area contributed by atoms with Crippen molar-refractivity contribution in [3.8, 4) is 11.8 Å². The van der Waals surface area contributed by atoms with Crippen molar-refractivity contribution in [3.05, 3.63) is 76.5 Å². The van der Waals surface area contributed by atoms with Crippen molar-refractivity contribution in [1.82, 2.24) is 4.98 Å². The third-order valence-electron chi connectivity index (χ3n) is 4.05. The van der Waals surface area contributed by atoms with Crippen LogP contribution in [0.25, 0.3) is 16.5 Å². The molecule has 1 aliphatic heterocycles. The topological polar surface area (TPSA) is 71.9 Å². The summed E-state index contributed by atoms with van der Waals surface area (Å²) in [6, 6.07) is 17.2. The van der Waals surface area contributed by atoms with E-state index in [1.165, 1.54) is 0 Å². The predicted molar refractivity (Wildman–Crippen MR) is 93.4 cm³/mol. The van der Waals surface area contributed by atoms with E-state index in [4.69, 9.17) is 22.1 Å². The molecule has 0 bridgehead atoms. The quantitative estimate of drug-likeness (QED) is 0.733. The van der Waals surface area contributed by atoms with Crippen LogP contribution in [-0.4, -0.2) is 11.2 Å². The number of fused-ring (bicyclic) bond motifs is 3. The summed E-state index contributed by atoms with van der Waals surface area (Å²) in [5.41, 5.74) is 9.65. The largest absolute Gasteiger partial charge is 0.468 e. The molecule has 1 atom stereocenters. The minimum Gasteiger partial charge on any atom is -0.468 e. The maximum Gasteiger partial charge on any atom is 0.184 e. The van der Waals surface area contributed by atoms with Crippen LogP contribution in [0.2, 0.25) is 5.02 Å². The average Bonchev–Trinajstić information content (AvgIpc) is 2.61. The molecule has 5 heteroatoms. The molecule has 2 aromatic carbocycles. The Kier molecular flexibility index (Phi) is 3.46. The first-order valence-corrected chi connectivity index (χ1v) is 7.77. The molecule has 1 aromatic heterocycles. The van der Waals surface area contributed by atoms with Crippen molar-refractivity contribution in [2.75, 3.05) is 0 Å². The van der Waals surface area contributed by atoms with Gasteiger partial charge < -0.3 is 4.74 Å². The van der Waals surface area contributed by atoms with Crippen molar-refractivity contribution < 1.29 is 4.74 Å². The first-order valence-electron chi connectivity index (χ1n) is 7.39. The first-order chi connectivity index (χ1) is 11.7. The Labute approximate surface area is 143 Å². The van der Waals surface area contributed by atoms with Crippen LogP contribution in [0.4, 0.5) is 0 Å². The van der Waals surface area contributed by atoms with Gasteiger partial charge in [-0.1, -0.05) is 35.9 Å². The van der Waals surface area contributed by atoms with Gasteiger partial charge >= 0.3 is 0 Å². The van der Waals surface area contributed by atoms with Gasteiger partial charge in [-0.2, -0.15) is 5.26 Å². The second kappa shape index (κ2) is 5.64. The van der Waals surface area contributed by atoms with Gasteiger partial charge in [-0.05, 0) is 29.8 Å². The molecule has 4 rings (SSSR count). The van der Waals surface area contributed by atoms with Crippen LogP contribution < -0.4 is 10.5 Å². The van der Waals surface area contributed by atoms with Crippen LogP contribution in [-0.2, 0) is 0 Å². The maximum absolute atomic E-state index is 9.58. The molecule has 116 valence electrons. The molecule has 0 fully saturated rings.